The number of nitrogens with zero attached hydrogens (tertiary/aromatic N) is 5. The highest BCUT2D eigenvalue weighted by Crippen LogP contribution is 2.19. The summed E-state index contributed by atoms with van der Waals surface area (Å²) in [6.45, 7) is 0. The largest absolute Gasteiger partial charge is 0.366 e. The molecule has 0 fully saturated rings. The first-order valence-electron chi connectivity index (χ1n) is 4.85. The fraction of sp³-hybridized carbons (Fsp3) is 0. The van der Waals surface area contributed by atoms with Gasteiger partial charge in [-0.2, -0.15) is 10.2 Å². The van der Waals surface area contributed by atoms with Crippen LogP contribution in [0.25, 0.3) is 22.8 Å². The molecule has 0 aliphatic heterocycles. The SMILES string of the molecule is Nc1n[nH]c(-c2ccc(-c3nn[nH]n3)cc2)n1. The van der Waals surface area contributed by atoms with Gasteiger partial charge in [0.1, 0.15) is 0 Å². The zero-order chi connectivity index (χ0) is 11.7. The lowest BCUT2D eigenvalue weighted by Gasteiger charge is -1.97. The van der Waals surface area contributed by atoms with E-state index in [2.05, 4.69) is 35.8 Å². The topological polar surface area (TPSA) is 122 Å². The first kappa shape index (κ1) is 9.46. The van der Waals surface area contributed by atoms with Gasteiger partial charge in [0, 0.05) is 11.1 Å². The van der Waals surface area contributed by atoms with Gasteiger partial charge >= 0.3 is 0 Å². The number of hydrogen-bond acceptors (Lipinski definition) is 6. The Morgan fingerprint density at radius 1 is 1.00 bits per heavy atom. The molecule has 0 atom stereocenters. The maximum absolute atomic E-state index is 5.44. The molecule has 8 heteroatoms. The van der Waals surface area contributed by atoms with Gasteiger partial charge in [0.15, 0.2) is 5.82 Å². The van der Waals surface area contributed by atoms with Gasteiger partial charge in [-0.1, -0.05) is 24.3 Å². The number of nitrogen functional groups attached to an aromatic ring is 1. The van der Waals surface area contributed by atoms with Gasteiger partial charge < -0.3 is 5.73 Å². The van der Waals surface area contributed by atoms with Crippen molar-refractivity contribution in [1.82, 2.24) is 35.8 Å². The molecule has 0 aliphatic carbocycles. The Kier molecular flexibility index (Phi) is 2.04. The second-order valence-electron chi connectivity index (χ2n) is 3.35. The van der Waals surface area contributed by atoms with Crippen LogP contribution in [0.1, 0.15) is 0 Å². The molecule has 8 nitrogen and oxygen atoms in total. The van der Waals surface area contributed by atoms with Gasteiger partial charge in [-0.25, -0.2) is 0 Å². The number of aromatic nitrogens is 7. The lowest BCUT2D eigenvalue weighted by molar-refractivity contribution is 0.881. The molecular formula is C9H8N8. The van der Waals surface area contributed by atoms with Gasteiger partial charge in [0.05, 0.1) is 0 Å². The van der Waals surface area contributed by atoms with Crippen molar-refractivity contribution in [1.29, 1.82) is 0 Å². The maximum Gasteiger partial charge on any atom is 0.239 e. The van der Waals surface area contributed by atoms with E-state index in [4.69, 9.17) is 5.73 Å². The summed E-state index contributed by atoms with van der Waals surface area (Å²) in [6, 6.07) is 7.51. The van der Waals surface area contributed by atoms with E-state index >= 15 is 0 Å². The highest BCUT2D eigenvalue weighted by atomic mass is 15.5. The van der Waals surface area contributed by atoms with Crippen LogP contribution in [-0.4, -0.2) is 35.8 Å². The lowest BCUT2D eigenvalue weighted by atomic mass is 10.1. The Labute approximate surface area is 95.3 Å². The van der Waals surface area contributed by atoms with Crippen LogP contribution in [0.2, 0.25) is 0 Å². The standard InChI is InChI=1S/C9H8N8/c10-9-11-7(12-15-9)5-1-3-6(4-2-5)8-13-16-17-14-8/h1-4H,(H3,10,11,12,15)(H,13,14,16,17). The minimum atomic E-state index is 0.224. The number of nitrogens with one attached hydrogen (secondary N) is 2. The van der Waals surface area contributed by atoms with Gasteiger partial charge in [-0.05, 0) is 5.21 Å². The van der Waals surface area contributed by atoms with E-state index in [9.17, 15) is 0 Å². The molecule has 0 saturated carbocycles. The molecule has 3 rings (SSSR count). The van der Waals surface area contributed by atoms with Crippen molar-refractivity contribution in [2.24, 2.45) is 0 Å². The van der Waals surface area contributed by atoms with Crippen LogP contribution in [0.3, 0.4) is 0 Å². The number of rotatable bonds is 2. The monoisotopic (exact) mass is 228 g/mol. The highest BCUT2D eigenvalue weighted by molar-refractivity contribution is 5.62. The van der Waals surface area contributed by atoms with Gasteiger partial charge in [0.25, 0.3) is 0 Å². The summed E-state index contributed by atoms with van der Waals surface area (Å²) in [5, 5.41) is 20.2. The number of aromatic amines is 2. The quantitative estimate of drug-likeness (QED) is 0.577. The molecule has 2 heterocycles. The zero-order valence-electron chi connectivity index (χ0n) is 8.62. The van der Waals surface area contributed by atoms with Crippen LogP contribution in [0.15, 0.2) is 24.3 Å². The van der Waals surface area contributed by atoms with Crippen LogP contribution in [0.5, 0.6) is 0 Å². The summed E-state index contributed by atoms with van der Waals surface area (Å²) in [7, 11) is 0. The molecule has 84 valence electrons. The predicted molar refractivity (Wildman–Crippen MR) is 59.4 cm³/mol. The summed E-state index contributed by atoms with van der Waals surface area (Å²) in [5.41, 5.74) is 7.20. The zero-order valence-corrected chi connectivity index (χ0v) is 8.62. The second-order valence-corrected chi connectivity index (χ2v) is 3.35. The molecular weight excluding hydrogens is 220 g/mol. The van der Waals surface area contributed by atoms with Crippen molar-refractivity contribution in [2.45, 2.75) is 0 Å². The van der Waals surface area contributed by atoms with Crippen LogP contribution >= 0.6 is 0 Å². The third-order valence-corrected chi connectivity index (χ3v) is 2.26. The molecule has 2 aromatic heterocycles. The van der Waals surface area contributed by atoms with Crippen LogP contribution in [0.4, 0.5) is 5.95 Å². The maximum atomic E-state index is 5.44. The summed E-state index contributed by atoms with van der Waals surface area (Å²) >= 11 is 0. The lowest BCUT2D eigenvalue weighted by Crippen LogP contribution is -1.86. The van der Waals surface area contributed by atoms with Gasteiger partial charge in [-0.3, -0.25) is 5.10 Å². The number of tetrazole rings is 1. The third kappa shape index (κ3) is 1.71. The smallest absolute Gasteiger partial charge is 0.239 e. The van der Waals surface area contributed by atoms with E-state index in [1.54, 1.807) is 0 Å². The van der Waals surface area contributed by atoms with Crippen LogP contribution in [-0.2, 0) is 0 Å². The van der Waals surface area contributed by atoms with Crippen molar-refractivity contribution >= 4 is 5.95 Å². The third-order valence-electron chi connectivity index (χ3n) is 2.26. The Bertz CT molecular complexity index is 609. The molecule has 0 unspecified atom stereocenters. The van der Waals surface area contributed by atoms with Crippen molar-refractivity contribution < 1.29 is 0 Å². The van der Waals surface area contributed by atoms with Crippen LogP contribution < -0.4 is 5.73 Å². The molecule has 17 heavy (non-hydrogen) atoms. The minimum absolute atomic E-state index is 0.224. The average molecular weight is 228 g/mol. The van der Waals surface area contributed by atoms with E-state index in [1.165, 1.54) is 0 Å². The predicted octanol–water partition coefficient (Wildman–Crippen LogP) is 0.234. The Hall–Kier alpha value is -2.77. The van der Waals surface area contributed by atoms with Crippen molar-refractivity contribution in [3.8, 4) is 22.8 Å². The van der Waals surface area contributed by atoms with E-state index in [1.807, 2.05) is 24.3 Å². The summed E-state index contributed by atoms with van der Waals surface area (Å²) in [6.07, 6.45) is 0. The second kappa shape index (κ2) is 3.67. The Morgan fingerprint density at radius 3 is 2.35 bits per heavy atom. The average Bonchev–Trinajstić information content (AvgIpc) is 3.00. The van der Waals surface area contributed by atoms with Crippen LogP contribution in [0, 0.1) is 0 Å². The first-order valence-corrected chi connectivity index (χ1v) is 4.85. The van der Waals surface area contributed by atoms with E-state index in [-0.39, 0.29) is 5.95 Å². The molecule has 0 radical (unpaired) electrons. The number of H-pyrrole nitrogens is 2. The van der Waals surface area contributed by atoms with Crippen molar-refractivity contribution in [2.75, 3.05) is 5.73 Å². The molecule has 4 N–H and O–H groups in total. The minimum Gasteiger partial charge on any atom is -0.366 e. The summed E-state index contributed by atoms with van der Waals surface area (Å²) < 4.78 is 0. The Morgan fingerprint density at radius 2 is 1.76 bits per heavy atom. The number of nitrogens with two attached hydrogens (primary N) is 1. The van der Waals surface area contributed by atoms with Crippen molar-refractivity contribution in [3.05, 3.63) is 24.3 Å². The summed E-state index contributed by atoms with van der Waals surface area (Å²) in [5.74, 6) is 1.40. The normalized spacial score (nSPS) is 10.6. The summed E-state index contributed by atoms with van der Waals surface area (Å²) in [4.78, 5) is 4.03. The number of anilines is 1. The van der Waals surface area contributed by atoms with Gasteiger partial charge in [0.2, 0.25) is 11.8 Å². The molecule has 3 aromatic rings. The van der Waals surface area contributed by atoms with E-state index < -0.39 is 0 Å². The molecule has 1 aromatic carbocycles. The molecule has 0 spiro atoms. The molecule has 0 amide bonds. The first-order chi connectivity index (χ1) is 8.33. The number of hydrogen-bond donors (Lipinski definition) is 3. The highest BCUT2D eigenvalue weighted by Gasteiger charge is 2.05. The van der Waals surface area contributed by atoms with Gasteiger partial charge in [-0.15, -0.1) is 15.3 Å². The van der Waals surface area contributed by atoms with Crippen molar-refractivity contribution in [3.63, 3.8) is 0 Å². The fourth-order valence-corrected chi connectivity index (χ4v) is 1.47. The Balaban J connectivity index is 1.95. The van der Waals surface area contributed by atoms with E-state index in [0.717, 1.165) is 11.1 Å². The number of benzene rings is 1. The molecule has 0 saturated heterocycles. The molecule has 0 bridgehead atoms. The van der Waals surface area contributed by atoms with E-state index in [0.29, 0.717) is 11.6 Å². The fourth-order valence-electron chi connectivity index (χ4n) is 1.47. The molecule has 0 aliphatic rings.